The fourth-order valence-corrected chi connectivity index (χ4v) is 4.82. The third-order valence-electron chi connectivity index (χ3n) is 6.88. The minimum Gasteiger partial charge on any atom is -0.474 e. The Morgan fingerprint density at radius 3 is 2.31 bits per heavy atom. The van der Waals surface area contributed by atoms with Crippen molar-refractivity contribution < 1.29 is 22.3 Å². The number of benzene rings is 1. The van der Waals surface area contributed by atoms with Crippen LogP contribution in [0, 0.1) is 5.82 Å². The molecule has 10 heteroatoms. The van der Waals surface area contributed by atoms with Crippen molar-refractivity contribution >= 4 is 17.3 Å². The largest absolute Gasteiger partial charge is 0.474 e. The van der Waals surface area contributed by atoms with E-state index in [1.165, 1.54) is 6.07 Å². The molecule has 2 fully saturated rings. The Bertz CT molecular complexity index is 984. The van der Waals surface area contributed by atoms with Crippen LogP contribution in [-0.4, -0.2) is 54.2 Å². The molecule has 0 unspecified atom stereocenters. The Hall–Kier alpha value is -2.62. The third-order valence-corrected chi connectivity index (χ3v) is 6.88. The Kier molecular flexibility index (Phi) is 7.98. The van der Waals surface area contributed by atoms with Crippen LogP contribution >= 0.6 is 0 Å². The molecule has 1 aromatic carbocycles. The van der Waals surface area contributed by atoms with E-state index in [-0.39, 0.29) is 12.1 Å². The zero-order valence-corrected chi connectivity index (χ0v) is 20.2. The fourth-order valence-electron chi connectivity index (χ4n) is 4.82. The Balaban J connectivity index is 1.49. The molecule has 4 rings (SSSR count). The van der Waals surface area contributed by atoms with Crippen molar-refractivity contribution in [2.24, 2.45) is 0 Å². The van der Waals surface area contributed by atoms with Crippen molar-refractivity contribution in [2.75, 3.05) is 37.4 Å². The van der Waals surface area contributed by atoms with Gasteiger partial charge >= 0.3 is 6.18 Å². The third kappa shape index (κ3) is 6.54. The smallest absolute Gasteiger partial charge is 0.423 e. The number of alkyl halides is 3. The topological polar surface area (TPSA) is 53.5 Å². The molecule has 1 aromatic heterocycles. The van der Waals surface area contributed by atoms with E-state index in [1.54, 1.807) is 12.1 Å². The van der Waals surface area contributed by atoms with E-state index < -0.39 is 23.4 Å². The molecule has 0 radical (unpaired) electrons. The van der Waals surface area contributed by atoms with Crippen LogP contribution in [0.4, 0.5) is 34.9 Å². The maximum Gasteiger partial charge on any atom is 0.423 e. The highest BCUT2D eigenvalue weighted by molar-refractivity contribution is 5.60. The maximum absolute atomic E-state index is 14.9. The van der Waals surface area contributed by atoms with Crippen molar-refractivity contribution in [3.63, 3.8) is 0 Å². The van der Waals surface area contributed by atoms with E-state index in [0.717, 1.165) is 57.8 Å². The van der Waals surface area contributed by atoms with E-state index >= 15 is 0 Å². The van der Waals surface area contributed by atoms with E-state index in [9.17, 15) is 17.6 Å². The number of hydrogen-bond donors (Lipinski definition) is 1. The summed E-state index contributed by atoms with van der Waals surface area (Å²) in [4.78, 5) is 12.1. The number of ether oxygens (including phenoxy) is 1. The molecule has 0 bridgehead atoms. The lowest BCUT2D eigenvalue weighted by Crippen LogP contribution is -2.42. The average Bonchev–Trinajstić information content (AvgIpc) is 3.07. The molecule has 6 nitrogen and oxygen atoms in total. The molecule has 0 atom stereocenters. The van der Waals surface area contributed by atoms with Gasteiger partial charge in [0.2, 0.25) is 11.8 Å². The van der Waals surface area contributed by atoms with Gasteiger partial charge < -0.3 is 19.9 Å². The Morgan fingerprint density at radius 2 is 1.71 bits per heavy atom. The van der Waals surface area contributed by atoms with Crippen molar-refractivity contribution in [3.05, 3.63) is 35.8 Å². The molecule has 0 amide bonds. The van der Waals surface area contributed by atoms with Gasteiger partial charge in [-0.3, -0.25) is 0 Å². The van der Waals surface area contributed by atoms with E-state index in [1.807, 2.05) is 4.90 Å². The molecular weight excluding hydrogens is 462 g/mol. The number of anilines is 3. The highest BCUT2D eigenvalue weighted by Gasteiger charge is 2.37. The van der Waals surface area contributed by atoms with Crippen molar-refractivity contribution in [1.82, 2.24) is 14.9 Å². The molecule has 2 aromatic rings. The van der Waals surface area contributed by atoms with Crippen LogP contribution in [-0.2, 0) is 6.18 Å². The summed E-state index contributed by atoms with van der Waals surface area (Å²) in [6, 6.07) is 5.17. The van der Waals surface area contributed by atoms with Gasteiger partial charge in [0.15, 0.2) is 0 Å². The zero-order chi connectivity index (χ0) is 25.0. The summed E-state index contributed by atoms with van der Waals surface area (Å²) in [5.41, 5.74) is -0.136. The lowest BCUT2D eigenvalue weighted by molar-refractivity contribution is -0.140. The predicted molar refractivity (Wildman–Crippen MR) is 128 cm³/mol. The summed E-state index contributed by atoms with van der Waals surface area (Å²) < 4.78 is 61.3. The van der Waals surface area contributed by atoms with Crippen molar-refractivity contribution in [3.8, 4) is 5.88 Å². The van der Waals surface area contributed by atoms with Gasteiger partial charge in [0.05, 0.1) is 5.69 Å². The van der Waals surface area contributed by atoms with E-state index in [4.69, 9.17) is 4.74 Å². The second-order valence-corrected chi connectivity index (χ2v) is 9.61. The lowest BCUT2D eigenvalue weighted by atomic mass is 10.0. The first kappa shape index (κ1) is 25.5. The minimum absolute atomic E-state index is 0.0689. The number of aromatic nitrogens is 2. The van der Waals surface area contributed by atoms with Crippen molar-refractivity contribution in [1.29, 1.82) is 0 Å². The molecule has 1 aliphatic carbocycles. The van der Waals surface area contributed by atoms with Gasteiger partial charge in [-0.05, 0) is 70.8 Å². The first-order valence-corrected chi connectivity index (χ1v) is 12.3. The number of hydrogen-bond acceptors (Lipinski definition) is 6. The molecule has 1 saturated carbocycles. The molecule has 1 saturated heterocycles. The molecule has 2 heterocycles. The highest BCUT2D eigenvalue weighted by Crippen LogP contribution is 2.37. The van der Waals surface area contributed by atoms with Crippen LogP contribution in [0.2, 0.25) is 0 Å². The summed E-state index contributed by atoms with van der Waals surface area (Å²) in [5, 5.41) is 2.83. The quantitative estimate of drug-likeness (QED) is 0.391. The highest BCUT2D eigenvalue weighted by atomic mass is 19.4. The van der Waals surface area contributed by atoms with E-state index in [0.29, 0.717) is 30.3 Å². The SMILES string of the molecule is CN(C)C1CCN(c2ccc(Nc3ncc(C(F)(F)F)c(OC4CCCCCC4)n3)cc2F)CC1. The fraction of sp³-hybridized carbons (Fsp3) is 0.600. The monoisotopic (exact) mass is 495 g/mol. The second-order valence-electron chi connectivity index (χ2n) is 9.61. The van der Waals surface area contributed by atoms with Crippen LogP contribution in [0.1, 0.15) is 56.9 Å². The van der Waals surface area contributed by atoms with Gasteiger partial charge in [0, 0.05) is 31.0 Å². The standard InChI is InChI=1S/C25H33F4N5O/c1-33(2)18-11-13-34(14-12-18)22-10-9-17(15-21(22)26)31-24-30-16-20(25(27,28)29)23(32-24)35-19-7-5-3-4-6-8-19/h9-10,15-16,18-19H,3-8,11-14H2,1-2H3,(H,30,31,32). The molecular formula is C25H33F4N5O. The predicted octanol–water partition coefficient (Wildman–Crippen LogP) is 6.01. The van der Waals surface area contributed by atoms with E-state index in [2.05, 4.69) is 34.3 Å². The molecule has 1 aliphatic heterocycles. The number of nitrogens with one attached hydrogen (secondary N) is 1. The summed E-state index contributed by atoms with van der Waals surface area (Å²) >= 11 is 0. The normalized spacial score (nSPS) is 18.5. The number of nitrogens with zero attached hydrogens (tertiary/aromatic N) is 4. The Labute approximate surface area is 203 Å². The van der Waals surface area contributed by atoms with Crippen LogP contribution < -0.4 is 15.0 Å². The summed E-state index contributed by atoms with van der Waals surface area (Å²) in [6.07, 6.45) is 3.02. The molecule has 0 spiro atoms. The maximum atomic E-state index is 14.9. The van der Waals surface area contributed by atoms with Gasteiger partial charge in [-0.15, -0.1) is 0 Å². The van der Waals surface area contributed by atoms with Crippen LogP contribution in [0.15, 0.2) is 24.4 Å². The Morgan fingerprint density at radius 1 is 1.03 bits per heavy atom. The molecule has 35 heavy (non-hydrogen) atoms. The van der Waals surface area contributed by atoms with Crippen molar-refractivity contribution in [2.45, 2.75) is 69.7 Å². The minimum atomic E-state index is -4.63. The summed E-state index contributed by atoms with van der Waals surface area (Å²) in [7, 11) is 4.11. The first-order valence-electron chi connectivity index (χ1n) is 12.3. The van der Waals surface area contributed by atoms with Crippen LogP contribution in [0.25, 0.3) is 0 Å². The van der Waals surface area contributed by atoms with Crippen LogP contribution in [0.3, 0.4) is 0 Å². The number of halogens is 4. The lowest BCUT2D eigenvalue weighted by Gasteiger charge is -2.36. The number of rotatable bonds is 6. The summed E-state index contributed by atoms with van der Waals surface area (Å²) in [5.74, 6) is -0.955. The van der Waals surface area contributed by atoms with Gasteiger partial charge in [-0.1, -0.05) is 12.8 Å². The molecule has 2 aliphatic rings. The van der Waals surface area contributed by atoms with Gasteiger partial charge in [-0.2, -0.15) is 18.2 Å². The summed E-state index contributed by atoms with van der Waals surface area (Å²) in [6.45, 7) is 1.52. The van der Waals surface area contributed by atoms with Gasteiger partial charge in [-0.25, -0.2) is 9.37 Å². The zero-order valence-electron chi connectivity index (χ0n) is 20.2. The van der Waals surface area contributed by atoms with Gasteiger partial charge in [0.1, 0.15) is 17.5 Å². The molecule has 192 valence electrons. The second kappa shape index (κ2) is 11.0. The average molecular weight is 496 g/mol. The van der Waals surface area contributed by atoms with Gasteiger partial charge in [0.25, 0.3) is 0 Å². The first-order chi connectivity index (χ1) is 16.7. The number of piperidine rings is 1. The van der Waals surface area contributed by atoms with Crippen LogP contribution in [0.5, 0.6) is 5.88 Å². The molecule has 1 N–H and O–H groups in total.